The van der Waals surface area contributed by atoms with Gasteiger partial charge in [0.05, 0.1) is 29.9 Å². The molecule has 0 aliphatic heterocycles. The molecule has 1 aromatic heterocycles. The summed E-state index contributed by atoms with van der Waals surface area (Å²) in [6, 6.07) is 6.64. The quantitative estimate of drug-likeness (QED) is 0.465. The number of amides is 1. The van der Waals surface area contributed by atoms with E-state index < -0.39 is 17.5 Å². The van der Waals surface area contributed by atoms with E-state index in [1.165, 1.54) is 26.4 Å². The highest BCUT2D eigenvalue weighted by Gasteiger charge is 2.19. The van der Waals surface area contributed by atoms with Crippen molar-refractivity contribution in [3.8, 4) is 5.75 Å². The van der Waals surface area contributed by atoms with Gasteiger partial charge in [0.1, 0.15) is 17.4 Å². The Hall–Kier alpha value is -2.96. The van der Waals surface area contributed by atoms with Crippen molar-refractivity contribution in [3.05, 3.63) is 53.7 Å². The number of halogens is 2. The van der Waals surface area contributed by atoms with Crippen LogP contribution in [0.15, 0.2) is 36.5 Å². The van der Waals surface area contributed by atoms with Crippen LogP contribution in [0, 0.1) is 11.6 Å². The summed E-state index contributed by atoms with van der Waals surface area (Å²) in [6.45, 7) is 8.00. The molecular weight excluding hydrogens is 412 g/mol. The fourth-order valence-corrected chi connectivity index (χ4v) is 3.73. The zero-order valence-electron chi connectivity index (χ0n) is 19.5. The van der Waals surface area contributed by atoms with Crippen LogP contribution in [0.25, 0.3) is 10.9 Å². The monoisotopic (exact) mass is 445 g/mol. The van der Waals surface area contributed by atoms with Crippen LogP contribution >= 0.6 is 0 Å². The minimum absolute atomic E-state index is 0.361. The van der Waals surface area contributed by atoms with Crippen LogP contribution in [-0.4, -0.2) is 22.8 Å². The van der Waals surface area contributed by atoms with E-state index in [9.17, 15) is 13.6 Å². The summed E-state index contributed by atoms with van der Waals surface area (Å²) < 4.78 is 34.6. The minimum atomic E-state index is -0.788. The Morgan fingerprint density at radius 2 is 1.75 bits per heavy atom. The Bertz CT molecular complexity index is 1030. The lowest BCUT2D eigenvalue weighted by Crippen LogP contribution is -2.14. The molecule has 1 N–H and O–H groups in total. The minimum Gasteiger partial charge on any atom is -0.494 e. The second kappa shape index (κ2) is 12.2. The molecule has 0 atom stereocenters. The van der Waals surface area contributed by atoms with Gasteiger partial charge < -0.3 is 10.1 Å². The first-order valence-electron chi connectivity index (χ1n) is 11.4. The number of hydrogen-bond acceptors (Lipinski definition) is 3. The molecule has 0 spiro atoms. The van der Waals surface area contributed by atoms with E-state index >= 15 is 0 Å². The van der Waals surface area contributed by atoms with E-state index in [-0.39, 0.29) is 5.56 Å². The maximum absolute atomic E-state index is 13.9. The van der Waals surface area contributed by atoms with Gasteiger partial charge in [0.25, 0.3) is 5.91 Å². The highest BCUT2D eigenvalue weighted by atomic mass is 19.1. The molecule has 0 radical (unpaired) electrons. The van der Waals surface area contributed by atoms with Crippen LogP contribution < -0.4 is 10.1 Å². The van der Waals surface area contributed by atoms with E-state index in [1.54, 1.807) is 12.1 Å². The number of carbonyl (C=O) groups excluding carboxylic acids is 1. The molecule has 1 amide bonds. The molecule has 0 bridgehead atoms. The smallest absolute Gasteiger partial charge is 0.258 e. The molecule has 1 aliphatic rings. The lowest BCUT2D eigenvalue weighted by molar-refractivity contribution is 0.102. The van der Waals surface area contributed by atoms with Crippen molar-refractivity contribution in [1.29, 1.82) is 0 Å². The molecule has 5 nitrogen and oxygen atoms in total. The molecule has 0 saturated heterocycles. The van der Waals surface area contributed by atoms with Gasteiger partial charge in [-0.2, -0.15) is 5.10 Å². The van der Waals surface area contributed by atoms with Crippen molar-refractivity contribution in [2.45, 2.75) is 65.8 Å². The van der Waals surface area contributed by atoms with E-state index in [1.807, 2.05) is 38.6 Å². The average molecular weight is 446 g/mol. The highest BCUT2D eigenvalue weighted by Crippen LogP contribution is 2.33. The number of rotatable bonds is 4. The predicted molar refractivity (Wildman–Crippen MR) is 125 cm³/mol. The first kappa shape index (κ1) is 25.3. The van der Waals surface area contributed by atoms with Gasteiger partial charge in [-0.15, -0.1) is 0 Å². The van der Waals surface area contributed by atoms with E-state index in [0.717, 1.165) is 41.9 Å². The van der Waals surface area contributed by atoms with Crippen LogP contribution in [0.5, 0.6) is 5.75 Å². The summed E-state index contributed by atoms with van der Waals surface area (Å²) >= 11 is 0. The largest absolute Gasteiger partial charge is 0.494 e. The number of nitrogens with zero attached hydrogens (tertiary/aromatic N) is 2. The first-order valence-corrected chi connectivity index (χ1v) is 11.4. The second-order valence-electron chi connectivity index (χ2n) is 7.09. The zero-order valence-corrected chi connectivity index (χ0v) is 19.5. The topological polar surface area (TPSA) is 56.1 Å². The van der Waals surface area contributed by atoms with Gasteiger partial charge in [0, 0.05) is 17.6 Å². The molecule has 3 aromatic rings. The van der Waals surface area contributed by atoms with Crippen molar-refractivity contribution in [2.75, 3.05) is 12.4 Å². The van der Waals surface area contributed by atoms with Crippen molar-refractivity contribution in [1.82, 2.24) is 9.78 Å². The molecule has 1 heterocycles. The number of ether oxygens (including phenoxy) is 1. The van der Waals surface area contributed by atoms with Crippen LogP contribution in [-0.2, 0) is 0 Å². The van der Waals surface area contributed by atoms with Gasteiger partial charge in [-0.3, -0.25) is 9.48 Å². The van der Waals surface area contributed by atoms with E-state index in [2.05, 4.69) is 10.4 Å². The van der Waals surface area contributed by atoms with Gasteiger partial charge in [0.2, 0.25) is 0 Å². The standard InChI is InChI=1S/C21H21F2N3O2.2C2H6/c1-28-20-11-18-13(12-26(25-18)15-5-3-2-4-6-15)9-19(20)24-21(27)16-10-14(22)7-8-17(16)23;2*1-2/h7-12,15H,2-6H2,1H3,(H,24,27);2*1-2H3. The van der Waals surface area contributed by atoms with Crippen LogP contribution in [0.4, 0.5) is 14.5 Å². The van der Waals surface area contributed by atoms with Crippen molar-refractivity contribution in [3.63, 3.8) is 0 Å². The Morgan fingerprint density at radius 1 is 1.06 bits per heavy atom. The molecule has 0 unspecified atom stereocenters. The summed E-state index contributed by atoms with van der Waals surface area (Å²) in [5.74, 6) is -1.80. The number of carbonyl (C=O) groups is 1. The molecule has 1 aliphatic carbocycles. The van der Waals surface area contributed by atoms with Crippen molar-refractivity contribution in [2.24, 2.45) is 0 Å². The number of fused-ring (bicyclic) bond motifs is 1. The Balaban J connectivity index is 0.000000860. The lowest BCUT2D eigenvalue weighted by atomic mass is 9.96. The fraction of sp³-hybridized carbons (Fsp3) is 0.440. The number of benzene rings is 2. The van der Waals surface area contributed by atoms with Crippen LogP contribution in [0.3, 0.4) is 0 Å². The third-order valence-corrected chi connectivity index (χ3v) is 5.21. The molecule has 2 aromatic carbocycles. The van der Waals surface area contributed by atoms with Gasteiger partial charge in [-0.25, -0.2) is 8.78 Å². The molecule has 7 heteroatoms. The van der Waals surface area contributed by atoms with Crippen molar-refractivity contribution >= 4 is 22.5 Å². The summed E-state index contributed by atoms with van der Waals surface area (Å²) in [6.07, 6.45) is 7.83. The Morgan fingerprint density at radius 3 is 2.41 bits per heavy atom. The molecule has 4 rings (SSSR count). The van der Waals surface area contributed by atoms with E-state index in [0.29, 0.717) is 17.5 Å². The van der Waals surface area contributed by atoms with Gasteiger partial charge in [-0.1, -0.05) is 47.0 Å². The Kier molecular flexibility index (Phi) is 9.62. The molecule has 174 valence electrons. The van der Waals surface area contributed by atoms with Gasteiger partial charge >= 0.3 is 0 Å². The average Bonchev–Trinajstić information content (AvgIpc) is 3.26. The summed E-state index contributed by atoms with van der Waals surface area (Å²) in [5, 5.41) is 8.13. The lowest BCUT2D eigenvalue weighted by Gasteiger charge is -2.21. The maximum atomic E-state index is 13.9. The number of hydrogen-bond donors (Lipinski definition) is 1. The number of anilines is 1. The predicted octanol–water partition coefficient (Wildman–Crippen LogP) is 7.13. The molecule has 1 saturated carbocycles. The highest BCUT2D eigenvalue weighted by molar-refractivity contribution is 6.06. The van der Waals surface area contributed by atoms with E-state index in [4.69, 9.17) is 4.74 Å². The molecule has 32 heavy (non-hydrogen) atoms. The first-order chi connectivity index (χ1) is 15.5. The summed E-state index contributed by atoms with van der Waals surface area (Å²) in [4.78, 5) is 12.4. The molecular formula is C25H33F2N3O2. The fourth-order valence-electron chi connectivity index (χ4n) is 3.73. The Labute approximate surface area is 188 Å². The number of methoxy groups -OCH3 is 1. The summed E-state index contributed by atoms with van der Waals surface area (Å²) in [5.41, 5.74) is 0.782. The maximum Gasteiger partial charge on any atom is 0.258 e. The zero-order chi connectivity index (χ0) is 23.7. The third-order valence-electron chi connectivity index (χ3n) is 5.21. The van der Waals surface area contributed by atoms with Crippen LogP contribution in [0.2, 0.25) is 0 Å². The molecule has 1 fully saturated rings. The van der Waals surface area contributed by atoms with Crippen LogP contribution in [0.1, 0.15) is 76.2 Å². The normalized spacial score (nSPS) is 13.5. The van der Waals surface area contributed by atoms with Gasteiger partial charge in [-0.05, 0) is 37.1 Å². The van der Waals surface area contributed by atoms with Gasteiger partial charge in [0.15, 0.2) is 0 Å². The second-order valence-corrected chi connectivity index (χ2v) is 7.09. The SMILES string of the molecule is CC.CC.COc1cc2nn(C3CCCCC3)cc2cc1NC(=O)c1cc(F)ccc1F. The van der Waals surface area contributed by atoms with Crippen molar-refractivity contribution < 1.29 is 18.3 Å². The number of aromatic nitrogens is 2. The summed E-state index contributed by atoms with van der Waals surface area (Å²) in [7, 11) is 1.48. The number of nitrogens with one attached hydrogen (secondary N) is 1. The third kappa shape index (κ3) is 5.84.